The van der Waals surface area contributed by atoms with Crippen molar-refractivity contribution >= 4 is 5.91 Å². The fourth-order valence-electron chi connectivity index (χ4n) is 2.04. The quantitative estimate of drug-likeness (QED) is 0.749. The molecule has 4 heteroatoms. The first-order chi connectivity index (χ1) is 7.04. The Bertz CT molecular complexity index is 211. The second-order valence-corrected chi connectivity index (χ2v) is 4.48. The number of hydrogen-bond acceptors (Lipinski definition) is 3. The molecule has 1 rings (SSSR count). The molecule has 1 saturated heterocycles. The van der Waals surface area contributed by atoms with Crippen LogP contribution in [0, 0.1) is 5.92 Å². The minimum atomic E-state index is 0.0347. The zero-order chi connectivity index (χ0) is 11.4. The Labute approximate surface area is 91.8 Å². The average Bonchev–Trinajstić information content (AvgIpc) is 2.15. The van der Waals surface area contributed by atoms with E-state index in [-0.39, 0.29) is 24.0 Å². The highest BCUT2D eigenvalue weighted by atomic mass is 16.5. The molecular weight excluding hydrogens is 192 g/mol. The van der Waals surface area contributed by atoms with Crippen LogP contribution in [0.2, 0.25) is 0 Å². The summed E-state index contributed by atoms with van der Waals surface area (Å²) in [5.74, 6) is 0.245. The normalized spacial score (nSPS) is 28.9. The smallest absolute Gasteiger partial charge is 0.225 e. The number of nitrogens with two attached hydrogens (primary N) is 1. The predicted molar refractivity (Wildman–Crippen MR) is 59.4 cm³/mol. The number of amides is 1. The number of carbonyl (C=O) groups excluding carboxylic acids is 1. The first kappa shape index (κ1) is 12.5. The van der Waals surface area contributed by atoms with Gasteiger partial charge in [0.2, 0.25) is 5.91 Å². The van der Waals surface area contributed by atoms with Gasteiger partial charge >= 0.3 is 0 Å². The molecule has 0 aromatic rings. The molecule has 2 N–H and O–H groups in total. The van der Waals surface area contributed by atoms with Gasteiger partial charge < -0.3 is 15.4 Å². The fourth-order valence-corrected chi connectivity index (χ4v) is 2.04. The SMILES string of the molecule is CC1CN(C(=O)C(C)CCN)CC(C)O1. The van der Waals surface area contributed by atoms with E-state index in [0.29, 0.717) is 19.6 Å². The van der Waals surface area contributed by atoms with Crippen molar-refractivity contribution in [1.82, 2.24) is 4.90 Å². The van der Waals surface area contributed by atoms with E-state index in [2.05, 4.69) is 0 Å². The molecule has 1 heterocycles. The summed E-state index contributed by atoms with van der Waals surface area (Å²) < 4.78 is 5.59. The molecule has 0 aliphatic carbocycles. The molecule has 0 aromatic carbocycles. The van der Waals surface area contributed by atoms with Crippen molar-refractivity contribution in [3.05, 3.63) is 0 Å². The van der Waals surface area contributed by atoms with Crippen molar-refractivity contribution in [2.45, 2.75) is 39.4 Å². The molecule has 4 nitrogen and oxygen atoms in total. The summed E-state index contributed by atoms with van der Waals surface area (Å²) in [4.78, 5) is 13.9. The van der Waals surface area contributed by atoms with Crippen molar-refractivity contribution < 1.29 is 9.53 Å². The maximum atomic E-state index is 12.0. The van der Waals surface area contributed by atoms with E-state index in [1.807, 2.05) is 25.7 Å². The summed E-state index contributed by atoms with van der Waals surface area (Å²) in [6.45, 7) is 7.94. The summed E-state index contributed by atoms with van der Waals surface area (Å²) in [7, 11) is 0. The molecule has 0 radical (unpaired) electrons. The lowest BCUT2D eigenvalue weighted by molar-refractivity contribution is -0.147. The summed E-state index contributed by atoms with van der Waals surface area (Å²) in [5.41, 5.74) is 5.46. The lowest BCUT2D eigenvalue weighted by Crippen LogP contribution is -2.49. The summed E-state index contributed by atoms with van der Waals surface area (Å²) in [5, 5.41) is 0. The maximum absolute atomic E-state index is 12.0. The van der Waals surface area contributed by atoms with Crippen LogP contribution in [-0.4, -0.2) is 42.6 Å². The van der Waals surface area contributed by atoms with Crippen LogP contribution in [-0.2, 0) is 9.53 Å². The van der Waals surface area contributed by atoms with E-state index >= 15 is 0 Å². The van der Waals surface area contributed by atoms with Crippen molar-refractivity contribution in [1.29, 1.82) is 0 Å². The summed E-state index contributed by atoms with van der Waals surface area (Å²) in [6.07, 6.45) is 1.05. The second kappa shape index (κ2) is 5.47. The minimum absolute atomic E-state index is 0.0347. The first-order valence-corrected chi connectivity index (χ1v) is 5.69. The number of ether oxygens (including phenoxy) is 1. The van der Waals surface area contributed by atoms with E-state index in [9.17, 15) is 4.79 Å². The average molecular weight is 214 g/mol. The predicted octanol–water partition coefficient (Wildman–Crippen LogP) is 0.607. The highest BCUT2D eigenvalue weighted by Crippen LogP contribution is 2.14. The van der Waals surface area contributed by atoms with Crippen LogP contribution in [0.15, 0.2) is 0 Å². The summed E-state index contributed by atoms with van der Waals surface area (Å²) >= 11 is 0. The molecule has 0 bridgehead atoms. The number of rotatable bonds is 3. The van der Waals surface area contributed by atoms with Gasteiger partial charge in [0.05, 0.1) is 12.2 Å². The van der Waals surface area contributed by atoms with Gasteiger partial charge in [-0.2, -0.15) is 0 Å². The van der Waals surface area contributed by atoms with E-state index in [4.69, 9.17) is 10.5 Å². The molecule has 0 aromatic heterocycles. The van der Waals surface area contributed by atoms with Crippen LogP contribution in [0.1, 0.15) is 27.2 Å². The molecule has 1 aliphatic rings. The number of carbonyl (C=O) groups is 1. The van der Waals surface area contributed by atoms with Gasteiger partial charge in [0.15, 0.2) is 0 Å². The number of nitrogens with zero attached hydrogens (tertiary/aromatic N) is 1. The van der Waals surface area contributed by atoms with Crippen LogP contribution >= 0.6 is 0 Å². The molecule has 3 unspecified atom stereocenters. The zero-order valence-corrected chi connectivity index (χ0v) is 9.90. The van der Waals surface area contributed by atoms with Gasteiger partial charge in [-0.15, -0.1) is 0 Å². The van der Waals surface area contributed by atoms with Gasteiger partial charge in [-0.3, -0.25) is 4.79 Å². The Kier molecular flexibility index (Phi) is 4.54. The van der Waals surface area contributed by atoms with Gasteiger partial charge in [0.1, 0.15) is 0 Å². The van der Waals surface area contributed by atoms with Crippen LogP contribution in [0.5, 0.6) is 0 Å². The Balaban J connectivity index is 2.51. The third-order valence-electron chi connectivity index (χ3n) is 2.75. The molecule has 0 saturated carbocycles. The fraction of sp³-hybridized carbons (Fsp3) is 0.909. The maximum Gasteiger partial charge on any atom is 0.225 e. The summed E-state index contributed by atoms with van der Waals surface area (Å²) in [6, 6.07) is 0. The number of hydrogen-bond donors (Lipinski definition) is 1. The zero-order valence-electron chi connectivity index (χ0n) is 9.90. The molecule has 88 valence electrons. The van der Waals surface area contributed by atoms with Crippen LogP contribution in [0.25, 0.3) is 0 Å². The Morgan fingerprint density at radius 2 is 2.00 bits per heavy atom. The van der Waals surface area contributed by atoms with Crippen LogP contribution in [0.4, 0.5) is 0 Å². The Morgan fingerprint density at radius 3 is 2.47 bits per heavy atom. The molecule has 15 heavy (non-hydrogen) atoms. The van der Waals surface area contributed by atoms with Gasteiger partial charge in [0, 0.05) is 19.0 Å². The third-order valence-corrected chi connectivity index (χ3v) is 2.75. The van der Waals surface area contributed by atoms with Crippen molar-refractivity contribution in [2.75, 3.05) is 19.6 Å². The van der Waals surface area contributed by atoms with E-state index in [1.54, 1.807) is 0 Å². The largest absolute Gasteiger partial charge is 0.372 e. The minimum Gasteiger partial charge on any atom is -0.372 e. The molecule has 1 amide bonds. The Morgan fingerprint density at radius 1 is 1.47 bits per heavy atom. The number of morpholine rings is 1. The van der Waals surface area contributed by atoms with Crippen LogP contribution in [0.3, 0.4) is 0 Å². The van der Waals surface area contributed by atoms with Gasteiger partial charge in [0.25, 0.3) is 0 Å². The van der Waals surface area contributed by atoms with Crippen molar-refractivity contribution in [3.8, 4) is 0 Å². The second-order valence-electron chi connectivity index (χ2n) is 4.48. The standard InChI is InChI=1S/C11H22N2O2/c1-8(4-5-12)11(14)13-6-9(2)15-10(3)7-13/h8-10H,4-7,12H2,1-3H3. The van der Waals surface area contributed by atoms with Gasteiger partial charge in [-0.25, -0.2) is 0 Å². The van der Waals surface area contributed by atoms with Gasteiger partial charge in [-0.05, 0) is 26.8 Å². The molecular formula is C11H22N2O2. The van der Waals surface area contributed by atoms with Gasteiger partial charge in [-0.1, -0.05) is 6.92 Å². The van der Waals surface area contributed by atoms with E-state index < -0.39 is 0 Å². The lowest BCUT2D eigenvalue weighted by atomic mass is 10.1. The monoisotopic (exact) mass is 214 g/mol. The molecule has 3 atom stereocenters. The lowest BCUT2D eigenvalue weighted by Gasteiger charge is -2.36. The van der Waals surface area contributed by atoms with Crippen LogP contribution < -0.4 is 5.73 Å². The first-order valence-electron chi connectivity index (χ1n) is 5.69. The van der Waals surface area contributed by atoms with Crippen molar-refractivity contribution in [3.63, 3.8) is 0 Å². The van der Waals surface area contributed by atoms with E-state index in [1.165, 1.54) is 0 Å². The molecule has 1 aliphatic heterocycles. The van der Waals surface area contributed by atoms with Crippen molar-refractivity contribution in [2.24, 2.45) is 11.7 Å². The highest BCUT2D eigenvalue weighted by Gasteiger charge is 2.28. The molecule has 1 fully saturated rings. The third kappa shape index (κ3) is 3.47. The highest BCUT2D eigenvalue weighted by molar-refractivity contribution is 5.78. The molecule has 0 spiro atoms. The topological polar surface area (TPSA) is 55.6 Å². The Hall–Kier alpha value is -0.610. The van der Waals surface area contributed by atoms with E-state index in [0.717, 1.165) is 6.42 Å².